The van der Waals surface area contributed by atoms with Gasteiger partial charge in [-0.1, -0.05) is 0 Å². The number of aliphatic hydroxyl groups is 2. The van der Waals surface area contributed by atoms with E-state index in [0.29, 0.717) is 5.75 Å². The lowest BCUT2D eigenvalue weighted by atomic mass is 10.1. The van der Waals surface area contributed by atoms with Gasteiger partial charge >= 0.3 is 0 Å². The lowest BCUT2D eigenvalue weighted by molar-refractivity contribution is -0.121. The number of methoxy groups -OCH3 is 1. The summed E-state index contributed by atoms with van der Waals surface area (Å²) in [7, 11) is 1.42. The molecule has 0 saturated carbocycles. The maximum Gasteiger partial charge on any atom is 0.220 e. The van der Waals surface area contributed by atoms with Crippen LogP contribution >= 0.6 is 0 Å². The van der Waals surface area contributed by atoms with Crippen LogP contribution in [-0.4, -0.2) is 34.3 Å². The Morgan fingerprint density at radius 2 is 2.31 bits per heavy atom. The third kappa shape index (κ3) is 2.91. The van der Waals surface area contributed by atoms with Crippen LogP contribution < -0.4 is 10.5 Å². The van der Waals surface area contributed by atoms with E-state index in [4.69, 9.17) is 10.5 Å². The molecule has 1 heterocycles. The fourth-order valence-electron chi connectivity index (χ4n) is 1.30. The summed E-state index contributed by atoms with van der Waals surface area (Å²) in [5.74, 6) is -0.347. The van der Waals surface area contributed by atoms with Gasteiger partial charge in [-0.05, 0) is 12.1 Å². The van der Waals surface area contributed by atoms with Crippen molar-refractivity contribution < 1.29 is 19.7 Å². The zero-order valence-corrected chi connectivity index (χ0v) is 8.83. The maximum absolute atomic E-state index is 10.6. The highest BCUT2D eigenvalue weighted by molar-refractivity contribution is 5.74. The van der Waals surface area contributed by atoms with Gasteiger partial charge in [0.1, 0.15) is 17.5 Å². The van der Waals surface area contributed by atoms with Gasteiger partial charge in [0.05, 0.1) is 19.6 Å². The van der Waals surface area contributed by atoms with Crippen LogP contribution in [0, 0.1) is 0 Å². The van der Waals surface area contributed by atoms with Crippen molar-refractivity contribution in [2.24, 2.45) is 5.73 Å². The monoisotopic (exact) mass is 226 g/mol. The lowest BCUT2D eigenvalue weighted by Crippen LogP contribution is -2.26. The van der Waals surface area contributed by atoms with Gasteiger partial charge in [0, 0.05) is 6.20 Å². The second kappa shape index (κ2) is 5.43. The molecule has 0 fully saturated rings. The standard InChI is InChI=1S/C10H14N2O4/c1-16-7-3-2-4-12-9(7)10(15)6(13)5-8(11)14/h2-4,6,10,13,15H,5H2,1H3,(H2,11,14). The van der Waals surface area contributed by atoms with Gasteiger partial charge in [-0.3, -0.25) is 9.78 Å². The van der Waals surface area contributed by atoms with Gasteiger partial charge in [-0.25, -0.2) is 0 Å². The van der Waals surface area contributed by atoms with Crippen LogP contribution in [0.25, 0.3) is 0 Å². The number of hydrogen-bond acceptors (Lipinski definition) is 5. The summed E-state index contributed by atoms with van der Waals surface area (Å²) in [4.78, 5) is 14.5. The lowest BCUT2D eigenvalue weighted by Gasteiger charge is -2.17. The molecule has 1 aromatic rings. The highest BCUT2D eigenvalue weighted by Gasteiger charge is 2.24. The van der Waals surface area contributed by atoms with Crippen LogP contribution in [0.3, 0.4) is 0 Å². The topological polar surface area (TPSA) is 106 Å². The Kier molecular flexibility index (Phi) is 4.21. The summed E-state index contributed by atoms with van der Waals surface area (Å²) in [5, 5.41) is 19.3. The molecule has 2 unspecified atom stereocenters. The number of nitrogens with two attached hydrogens (primary N) is 1. The molecule has 6 heteroatoms. The van der Waals surface area contributed by atoms with E-state index in [1.54, 1.807) is 12.1 Å². The smallest absolute Gasteiger partial charge is 0.220 e. The minimum absolute atomic E-state index is 0.179. The van der Waals surface area contributed by atoms with Crippen LogP contribution in [0.4, 0.5) is 0 Å². The van der Waals surface area contributed by atoms with Crippen LogP contribution in [-0.2, 0) is 4.79 Å². The molecule has 88 valence electrons. The van der Waals surface area contributed by atoms with Crippen molar-refractivity contribution in [3.8, 4) is 5.75 Å². The number of ether oxygens (including phenoxy) is 1. The minimum atomic E-state index is -1.30. The number of aromatic nitrogens is 1. The number of pyridine rings is 1. The molecule has 0 spiro atoms. The van der Waals surface area contributed by atoms with Crippen molar-refractivity contribution in [2.75, 3.05) is 7.11 Å². The molecule has 1 amide bonds. The summed E-state index contributed by atoms with van der Waals surface area (Å²) in [6.07, 6.45) is -1.47. The van der Waals surface area contributed by atoms with Crippen molar-refractivity contribution in [1.82, 2.24) is 4.98 Å². The Hall–Kier alpha value is -1.66. The summed E-state index contributed by atoms with van der Waals surface area (Å²) >= 11 is 0. The Balaban J connectivity index is 2.86. The molecule has 0 bridgehead atoms. The Morgan fingerprint density at radius 1 is 1.62 bits per heavy atom. The van der Waals surface area contributed by atoms with Gasteiger partial charge in [0.25, 0.3) is 0 Å². The number of primary amides is 1. The molecule has 6 nitrogen and oxygen atoms in total. The molecule has 0 aliphatic carbocycles. The van der Waals surface area contributed by atoms with E-state index in [2.05, 4.69) is 4.98 Å². The highest BCUT2D eigenvalue weighted by Crippen LogP contribution is 2.25. The number of amides is 1. The first-order valence-corrected chi connectivity index (χ1v) is 4.69. The summed E-state index contributed by atoms with van der Waals surface area (Å²) in [5.41, 5.74) is 5.10. The third-order valence-electron chi connectivity index (χ3n) is 2.07. The molecule has 16 heavy (non-hydrogen) atoms. The molecular formula is C10H14N2O4. The van der Waals surface area contributed by atoms with Gasteiger partial charge in [-0.2, -0.15) is 0 Å². The van der Waals surface area contributed by atoms with E-state index in [1.165, 1.54) is 13.3 Å². The maximum atomic E-state index is 10.6. The zero-order chi connectivity index (χ0) is 12.1. The minimum Gasteiger partial charge on any atom is -0.495 e. The fraction of sp³-hybridized carbons (Fsp3) is 0.400. The average molecular weight is 226 g/mol. The summed E-state index contributed by atoms with van der Waals surface area (Å²) in [6, 6.07) is 3.23. The first-order chi connectivity index (χ1) is 7.56. The average Bonchev–Trinajstić information content (AvgIpc) is 2.27. The number of rotatable bonds is 5. The molecule has 0 aliphatic rings. The van der Waals surface area contributed by atoms with E-state index in [1.807, 2.05) is 0 Å². The van der Waals surface area contributed by atoms with Crippen molar-refractivity contribution in [1.29, 1.82) is 0 Å². The van der Waals surface area contributed by atoms with Crippen LogP contribution in [0.1, 0.15) is 18.2 Å². The summed E-state index contributed by atoms with van der Waals surface area (Å²) in [6.45, 7) is 0. The van der Waals surface area contributed by atoms with Gasteiger partial charge in [-0.15, -0.1) is 0 Å². The first kappa shape index (κ1) is 12.4. The number of carbonyl (C=O) groups excluding carboxylic acids is 1. The van der Waals surface area contributed by atoms with Gasteiger partial charge in [0.15, 0.2) is 0 Å². The zero-order valence-electron chi connectivity index (χ0n) is 8.83. The fourth-order valence-corrected chi connectivity index (χ4v) is 1.30. The van der Waals surface area contributed by atoms with Crippen LogP contribution in [0.15, 0.2) is 18.3 Å². The van der Waals surface area contributed by atoms with Crippen LogP contribution in [0.5, 0.6) is 5.75 Å². The highest BCUT2D eigenvalue weighted by atomic mass is 16.5. The Labute approximate surface area is 92.7 Å². The molecule has 2 atom stereocenters. The molecule has 1 aromatic heterocycles. The normalized spacial score (nSPS) is 14.2. The third-order valence-corrected chi connectivity index (χ3v) is 2.07. The molecule has 0 radical (unpaired) electrons. The molecule has 0 aliphatic heterocycles. The van der Waals surface area contributed by atoms with E-state index < -0.39 is 18.1 Å². The van der Waals surface area contributed by atoms with E-state index >= 15 is 0 Å². The quantitative estimate of drug-likeness (QED) is 0.619. The first-order valence-electron chi connectivity index (χ1n) is 4.69. The second-order valence-electron chi connectivity index (χ2n) is 3.27. The number of carbonyl (C=O) groups is 1. The molecular weight excluding hydrogens is 212 g/mol. The number of aliphatic hydroxyl groups excluding tert-OH is 2. The van der Waals surface area contributed by atoms with E-state index in [0.717, 1.165) is 0 Å². The Morgan fingerprint density at radius 3 is 2.88 bits per heavy atom. The molecule has 4 N–H and O–H groups in total. The largest absolute Gasteiger partial charge is 0.495 e. The molecule has 0 saturated heterocycles. The van der Waals surface area contributed by atoms with Crippen molar-refractivity contribution >= 4 is 5.91 Å². The van der Waals surface area contributed by atoms with Crippen molar-refractivity contribution in [3.63, 3.8) is 0 Å². The predicted molar refractivity (Wildman–Crippen MR) is 55.6 cm³/mol. The van der Waals surface area contributed by atoms with Crippen LogP contribution in [0.2, 0.25) is 0 Å². The van der Waals surface area contributed by atoms with Crippen molar-refractivity contribution in [2.45, 2.75) is 18.6 Å². The van der Waals surface area contributed by atoms with Crippen molar-refractivity contribution in [3.05, 3.63) is 24.0 Å². The molecule has 0 aromatic carbocycles. The number of nitrogens with zero attached hydrogens (tertiary/aromatic N) is 1. The van der Waals surface area contributed by atoms with E-state index in [-0.39, 0.29) is 12.1 Å². The number of hydrogen-bond donors (Lipinski definition) is 3. The molecule has 1 rings (SSSR count). The predicted octanol–water partition coefficient (Wildman–Crippen LogP) is -0.640. The van der Waals surface area contributed by atoms with E-state index in [9.17, 15) is 15.0 Å². The Bertz CT molecular complexity index is 370. The van der Waals surface area contributed by atoms with Gasteiger partial charge in [0.2, 0.25) is 5.91 Å². The summed E-state index contributed by atoms with van der Waals surface area (Å²) < 4.78 is 4.97. The van der Waals surface area contributed by atoms with Gasteiger partial charge < -0.3 is 20.7 Å². The second-order valence-corrected chi connectivity index (χ2v) is 3.27. The SMILES string of the molecule is COc1cccnc1C(O)C(O)CC(N)=O.